The summed E-state index contributed by atoms with van der Waals surface area (Å²) in [5.41, 5.74) is 13.0. The van der Waals surface area contributed by atoms with E-state index in [1.165, 1.54) is 60.5 Å². The number of hydrogen-bond acceptors (Lipinski definition) is 2. The van der Waals surface area contributed by atoms with Gasteiger partial charge >= 0.3 is 0 Å². The van der Waals surface area contributed by atoms with Crippen molar-refractivity contribution in [1.82, 2.24) is 0 Å². The molecule has 0 amide bonds. The number of hydrogen-bond donors (Lipinski definition) is 0. The van der Waals surface area contributed by atoms with Crippen molar-refractivity contribution in [2.45, 2.75) is 0 Å². The molecule has 0 radical (unpaired) electrons. The summed E-state index contributed by atoms with van der Waals surface area (Å²) in [6, 6.07) is 65.0. The van der Waals surface area contributed by atoms with Crippen LogP contribution in [0.2, 0.25) is 0 Å². The highest BCUT2D eigenvalue weighted by Crippen LogP contribution is 2.51. The number of benzene rings is 9. The van der Waals surface area contributed by atoms with Crippen LogP contribution in [0.15, 0.2) is 191 Å². The number of para-hydroxylation sites is 2. The first-order valence-corrected chi connectivity index (χ1v) is 17.8. The minimum atomic E-state index is 0.834. The van der Waals surface area contributed by atoms with Gasteiger partial charge in [0.05, 0.1) is 5.39 Å². The molecule has 242 valence electrons. The molecule has 0 fully saturated rings. The molecule has 2 heterocycles. The number of fused-ring (bicyclic) bond motifs is 9. The highest BCUT2D eigenvalue weighted by Gasteiger charge is 2.24. The van der Waals surface area contributed by atoms with Crippen LogP contribution in [0.5, 0.6) is 0 Å². The van der Waals surface area contributed by atoms with Gasteiger partial charge in [-0.3, -0.25) is 0 Å². The quantitative estimate of drug-likeness (QED) is 0.175. The summed E-state index contributed by atoms with van der Waals surface area (Å²) in [7, 11) is 0. The molecule has 0 aliphatic rings. The predicted octanol–water partition coefficient (Wildman–Crippen LogP) is 14.5. The van der Waals surface area contributed by atoms with E-state index in [1.807, 2.05) is 12.1 Å². The van der Waals surface area contributed by atoms with Gasteiger partial charge in [0.2, 0.25) is 0 Å². The Balaban J connectivity index is 1.28. The number of furan rings is 2. The molecule has 0 atom stereocenters. The first-order valence-electron chi connectivity index (χ1n) is 17.8. The molecule has 0 aliphatic carbocycles. The Hall–Kier alpha value is -6.90. The van der Waals surface area contributed by atoms with Gasteiger partial charge in [-0.05, 0) is 73.1 Å². The van der Waals surface area contributed by atoms with Gasteiger partial charge in [0.25, 0.3) is 0 Å². The topological polar surface area (TPSA) is 26.3 Å². The molecule has 0 unspecified atom stereocenters. The first kappa shape index (κ1) is 28.9. The van der Waals surface area contributed by atoms with Crippen LogP contribution in [0.1, 0.15) is 0 Å². The minimum absolute atomic E-state index is 0.834. The second kappa shape index (κ2) is 11.3. The lowest BCUT2D eigenvalue weighted by Gasteiger charge is -2.22. The third-order valence-electron chi connectivity index (χ3n) is 10.7. The average molecular weight is 663 g/mol. The summed E-state index contributed by atoms with van der Waals surface area (Å²) in [5.74, 6) is 0. The monoisotopic (exact) mass is 662 g/mol. The van der Waals surface area contributed by atoms with E-state index < -0.39 is 0 Å². The van der Waals surface area contributed by atoms with Gasteiger partial charge in [-0.25, -0.2) is 0 Å². The van der Waals surface area contributed by atoms with Gasteiger partial charge in [0, 0.05) is 27.3 Å². The first-order chi connectivity index (χ1) is 25.8. The van der Waals surface area contributed by atoms with E-state index in [2.05, 4.69) is 170 Å². The van der Waals surface area contributed by atoms with Crippen LogP contribution in [0.4, 0.5) is 0 Å². The molecular formula is C50H30O2. The van der Waals surface area contributed by atoms with Gasteiger partial charge in [0.1, 0.15) is 22.3 Å². The molecule has 0 saturated heterocycles. The second-order valence-corrected chi connectivity index (χ2v) is 13.5. The fraction of sp³-hybridized carbons (Fsp3) is 0. The Kier molecular flexibility index (Phi) is 6.28. The molecule has 11 rings (SSSR count). The Morgan fingerprint density at radius 1 is 0.250 bits per heavy atom. The van der Waals surface area contributed by atoms with Crippen LogP contribution >= 0.6 is 0 Å². The third-order valence-corrected chi connectivity index (χ3v) is 10.7. The molecule has 0 aliphatic heterocycles. The summed E-state index contributed by atoms with van der Waals surface area (Å²) in [6.07, 6.45) is 0. The van der Waals surface area contributed by atoms with E-state index in [0.29, 0.717) is 0 Å². The van der Waals surface area contributed by atoms with Crippen LogP contribution < -0.4 is 0 Å². The highest BCUT2D eigenvalue weighted by atomic mass is 16.3. The molecule has 0 saturated carbocycles. The van der Waals surface area contributed by atoms with Crippen LogP contribution in [0.3, 0.4) is 0 Å². The van der Waals surface area contributed by atoms with Gasteiger partial charge in [-0.15, -0.1) is 0 Å². The Labute approximate surface area is 299 Å². The van der Waals surface area contributed by atoms with Crippen molar-refractivity contribution in [3.8, 4) is 44.5 Å². The smallest absolute Gasteiger partial charge is 0.147 e. The van der Waals surface area contributed by atoms with Crippen molar-refractivity contribution >= 4 is 65.4 Å². The van der Waals surface area contributed by atoms with Crippen molar-refractivity contribution < 1.29 is 8.83 Å². The molecule has 0 bridgehead atoms. The highest BCUT2D eigenvalue weighted by molar-refractivity contribution is 6.27. The molecule has 2 aromatic heterocycles. The van der Waals surface area contributed by atoms with E-state index in [1.54, 1.807) is 0 Å². The van der Waals surface area contributed by atoms with Crippen molar-refractivity contribution in [1.29, 1.82) is 0 Å². The maximum Gasteiger partial charge on any atom is 0.147 e. The van der Waals surface area contributed by atoms with Crippen molar-refractivity contribution in [3.05, 3.63) is 182 Å². The lowest BCUT2D eigenvalue weighted by molar-refractivity contribution is 0.663. The lowest BCUT2D eigenvalue weighted by Crippen LogP contribution is -1.95. The SMILES string of the molecule is c1ccc(-c2cccc(-c3ccccc3)c2-c2c3ccccc3c(-c3cccc4c3oc3c4ccc4oc5ccccc5c43)c3ccccc23)cc1. The van der Waals surface area contributed by atoms with Crippen LogP contribution in [0, 0.1) is 0 Å². The zero-order chi connectivity index (χ0) is 34.2. The summed E-state index contributed by atoms with van der Waals surface area (Å²) >= 11 is 0. The average Bonchev–Trinajstić information content (AvgIpc) is 3.79. The normalized spacial score (nSPS) is 11.8. The van der Waals surface area contributed by atoms with Crippen molar-refractivity contribution in [2.75, 3.05) is 0 Å². The minimum Gasteiger partial charge on any atom is -0.456 e. The molecule has 9 aromatic carbocycles. The number of rotatable bonds is 4. The van der Waals surface area contributed by atoms with E-state index in [0.717, 1.165) is 49.4 Å². The van der Waals surface area contributed by atoms with Gasteiger partial charge in [-0.1, -0.05) is 164 Å². The van der Waals surface area contributed by atoms with Gasteiger partial charge < -0.3 is 8.83 Å². The Morgan fingerprint density at radius 3 is 1.37 bits per heavy atom. The molecular weight excluding hydrogens is 633 g/mol. The maximum atomic E-state index is 7.02. The van der Waals surface area contributed by atoms with Crippen LogP contribution in [0.25, 0.3) is 110 Å². The predicted molar refractivity (Wildman–Crippen MR) is 218 cm³/mol. The van der Waals surface area contributed by atoms with E-state index in [9.17, 15) is 0 Å². The zero-order valence-corrected chi connectivity index (χ0v) is 28.1. The van der Waals surface area contributed by atoms with Gasteiger partial charge in [-0.2, -0.15) is 0 Å². The molecule has 2 nitrogen and oxygen atoms in total. The van der Waals surface area contributed by atoms with Crippen LogP contribution in [-0.4, -0.2) is 0 Å². The van der Waals surface area contributed by atoms with Gasteiger partial charge in [0.15, 0.2) is 0 Å². The van der Waals surface area contributed by atoms with E-state index in [4.69, 9.17) is 8.83 Å². The summed E-state index contributed by atoms with van der Waals surface area (Å²) in [5, 5.41) is 9.04. The summed E-state index contributed by atoms with van der Waals surface area (Å²) in [4.78, 5) is 0. The molecule has 0 N–H and O–H groups in total. The second-order valence-electron chi connectivity index (χ2n) is 13.5. The molecule has 2 heteroatoms. The summed E-state index contributed by atoms with van der Waals surface area (Å²) < 4.78 is 13.3. The zero-order valence-electron chi connectivity index (χ0n) is 28.1. The molecule has 11 aromatic rings. The summed E-state index contributed by atoms with van der Waals surface area (Å²) in [6.45, 7) is 0. The third kappa shape index (κ3) is 4.19. The fourth-order valence-corrected chi connectivity index (χ4v) is 8.49. The van der Waals surface area contributed by atoms with Crippen molar-refractivity contribution in [3.63, 3.8) is 0 Å². The fourth-order valence-electron chi connectivity index (χ4n) is 8.49. The van der Waals surface area contributed by atoms with E-state index >= 15 is 0 Å². The maximum absolute atomic E-state index is 7.02. The lowest BCUT2D eigenvalue weighted by atomic mass is 9.81. The standard InChI is InChI=1S/C50H30O2/c1-3-15-31(16-4-1)33-24-13-25-34(32-17-5-2-6-18-32)46(33)47-37-21-9-7-19-35(37)45(36-20-8-10-22-38(36)47)42-27-14-26-39-40-29-30-44-48(50(40)52-49(39)42)41-23-11-12-28-43(41)51-44/h1-30H. The molecule has 52 heavy (non-hydrogen) atoms. The van der Waals surface area contributed by atoms with Crippen LogP contribution in [-0.2, 0) is 0 Å². The van der Waals surface area contributed by atoms with E-state index in [-0.39, 0.29) is 0 Å². The largest absolute Gasteiger partial charge is 0.456 e. The Bertz CT molecular complexity index is 3050. The van der Waals surface area contributed by atoms with Crippen molar-refractivity contribution in [2.24, 2.45) is 0 Å². The molecule has 0 spiro atoms. The Morgan fingerprint density at radius 2 is 0.731 bits per heavy atom.